The van der Waals surface area contributed by atoms with Gasteiger partial charge in [-0.15, -0.1) is 0 Å². The van der Waals surface area contributed by atoms with Crippen molar-refractivity contribution >= 4 is 5.78 Å². The first-order valence-electron chi connectivity index (χ1n) is 8.51. The van der Waals surface area contributed by atoms with Crippen LogP contribution in [0.25, 0.3) is 0 Å². The lowest BCUT2D eigenvalue weighted by atomic mass is 9.88. The molecule has 24 heavy (non-hydrogen) atoms. The van der Waals surface area contributed by atoms with Gasteiger partial charge in [-0.2, -0.15) is 0 Å². The van der Waals surface area contributed by atoms with Gasteiger partial charge in [0.2, 0.25) is 0 Å². The first-order valence-corrected chi connectivity index (χ1v) is 8.51. The van der Waals surface area contributed by atoms with Gasteiger partial charge >= 0.3 is 0 Å². The molecule has 0 spiro atoms. The summed E-state index contributed by atoms with van der Waals surface area (Å²) in [6.07, 6.45) is -0.373. The van der Waals surface area contributed by atoms with Crippen molar-refractivity contribution in [1.82, 2.24) is 0 Å². The molecule has 1 aliphatic heterocycles. The Bertz CT molecular complexity index is 525. The number of Topliss-reactive ketones (excluding diaryl/α,β-unsaturated/α-hetero) is 1. The topological polar surface area (TPSA) is 65.0 Å². The fraction of sp³-hybridized carbons (Fsp3) is 0.632. The van der Waals surface area contributed by atoms with Gasteiger partial charge in [-0.3, -0.25) is 4.79 Å². The van der Waals surface area contributed by atoms with Crippen LogP contribution in [0.15, 0.2) is 24.3 Å². The molecule has 1 fully saturated rings. The van der Waals surface area contributed by atoms with Crippen molar-refractivity contribution in [2.24, 2.45) is 11.8 Å². The standard InChI is InChI=1S/C19H28O5/c1-12-11-23-18(10-15-5-7-16(22-4)8-6-15)24-19(12)14(3)17(21)9-13(2)20/h5-8,12-14,18-20H,9-11H2,1-4H3/t12-,13+,14-,18-,19-/m0/s1. The largest absolute Gasteiger partial charge is 0.497 e. The van der Waals surface area contributed by atoms with Crippen molar-refractivity contribution in [3.8, 4) is 5.75 Å². The second-order valence-electron chi connectivity index (χ2n) is 6.70. The molecule has 0 aliphatic carbocycles. The van der Waals surface area contributed by atoms with Gasteiger partial charge in [0.15, 0.2) is 6.29 Å². The first kappa shape index (κ1) is 18.9. The summed E-state index contributed by atoms with van der Waals surface area (Å²) in [5, 5.41) is 9.43. The van der Waals surface area contributed by atoms with Crippen molar-refractivity contribution in [3.05, 3.63) is 29.8 Å². The van der Waals surface area contributed by atoms with Crippen molar-refractivity contribution in [2.75, 3.05) is 13.7 Å². The average molecular weight is 336 g/mol. The van der Waals surface area contributed by atoms with Crippen LogP contribution in [-0.2, 0) is 20.7 Å². The molecule has 1 heterocycles. The van der Waals surface area contributed by atoms with Crippen LogP contribution < -0.4 is 4.74 Å². The van der Waals surface area contributed by atoms with E-state index in [0.29, 0.717) is 13.0 Å². The lowest BCUT2D eigenvalue weighted by Crippen LogP contribution is -2.45. The number of ether oxygens (including phenoxy) is 3. The van der Waals surface area contributed by atoms with E-state index in [2.05, 4.69) is 0 Å². The zero-order valence-electron chi connectivity index (χ0n) is 14.9. The molecule has 5 nitrogen and oxygen atoms in total. The molecule has 5 heteroatoms. The van der Waals surface area contributed by atoms with Crippen LogP contribution in [-0.4, -0.2) is 43.1 Å². The van der Waals surface area contributed by atoms with E-state index in [4.69, 9.17) is 14.2 Å². The Kier molecular flexibility index (Phi) is 6.78. The van der Waals surface area contributed by atoms with E-state index in [-0.39, 0.29) is 36.4 Å². The van der Waals surface area contributed by atoms with Crippen LogP contribution in [0.4, 0.5) is 0 Å². The number of aliphatic hydroxyl groups is 1. The number of ketones is 1. The number of hydrogen-bond acceptors (Lipinski definition) is 5. The molecule has 5 atom stereocenters. The molecule has 0 radical (unpaired) electrons. The Labute approximate surface area is 143 Å². The van der Waals surface area contributed by atoms with Crippen molar-refractivity contribution in [2.45, 2.75) is 52.1 Å². The summed E-state index contributed by atoms with van der Waals surface area (Å²) in [6.45, 7) is 6.10. The van der Waals surface area contributed by atoms with E-state index in [9.17, 15) is 9.90 Å². The van der Waals surface area contributed by atoms with E-state index in [1.165, 1.54) is 0 Å². The Morgan fingerprint density at radius 3 is 2.58 bits per heavy atom. The van der Waals surface area contributed by atoms with E-state index >= 15 is 0 Å². The smallest absolute Gasteiger partial charge is 0.162 e. The SMILES string of the molecule is COc1ccc(C[C@H]2OC[C@H](C)[C@@H]([C@@H](C)C(=O)C[C@@H](C)O)O2)cc1. The summed E-state index contributed by atoms with van der Waals surface area (Å²) in [5.74, 6) is 0.738. The maximum atomic E-state index is 12.2. The molecular formula is C19H28O5. The fourth-order valence-electron chi connectivity index (χ4n) is 3.03. The van der Waals surface area contributed by atoms with Crippen LogP contribution in [0.2, 0.25) is 0 Å². The highest BCUT2D eigenvalue weighted by molar-refractivity contribution is 5.81. The van der Waals surface area contributed by atoms with Crippen molar-refractivity contribution in [1.29, 1.82) is 0 Å². The quantitative estimate of drug-likeness (QED) is 0.829. The molecular weight excluding hydrogens is 308 g/mol. The minimum atomic E-state index is -0.620. The Morgan fingerprint density at radius 1 is 1.33 bits per heavy atom. The van der Waals surface area contributed by atoms with Gasteiger partial charge in [0.1, 0.15) is 11.5 Å². The van der Waals surface area contributed by atoms with Gasteiger partial charge in [-0.05, 0) is 24.6 Å². The monoisotopic (exact) mass is 336 g/mol. The highest BCUT2D eigenvalue weighted by atomic mass is 16.7. The van der Waals surface area contributed by atoms with E-state index < -0.39 is 6.10 Å². The third kappa shape index (κ3) is 5.03. The number of benzene rings is 1. The van der Waals surface area contributed by atoms with Crippen molar-refractivity contribution < 1.29 is 24.1 Å². The first-order chi connectivity index (χ1) is 11.4. The van der Waals surface area contributed by atoms with Crippen LogP contribution in [0.3, 0.4) is 0 Å². The van der Waals surface area contributed by atoms with Gasteiger partial charge in [0.05, 0.1) is 25.9 Å². The minimum Gasteiger partial charge on any atom is -0.497 e. The molecule has 0 saturated carbocycles. The van der Waals surface area contributed by atoms with Crippen molar-refractivity contribution in [3.63, 3.8) is 0 Å². The Morgan fingerprint density at radius 2 is 2.00 bits per heavy atom. The number of rotatable bonds is 7. The van der Waals surface area contributed by atoms with Crippen LogP contribution >= 0.6 is 0 Å². The number of hydrogen-bond donors (Lipinski definition) is 1. The summed E-state index contributed by atoms with van der Waals surface area (Å²) >= 11 is 0. The molecule has 1 N–H and O–H groups in total. The summed E-state index contributed by atoms with van der Waals surface area (Å²) < 4.78 is 17.0. The molecule has 0 bridgehead atoms. The lowest BCUT2D eigenvalue weighted by molar-refractivity contribution is -0.242. The van der Waals surface area contributed by atoms with Gasteiger partial charge < -0.3 is 19.3 Å². The zero-order valence-corrected chi connectivity index (χ0v) is 14.9. The molecule has 0 unspecified atom stereocenters. The predicted molar refractivity (Wildman–Crippen MR) is 90.9 cm³/mol. The number of aliphatic hydroxyl groups excluding tert-OH is 1. The third-order valence-corrected chi connectivity index (χ3v) is 4.47. The summed E-state index contributed by atoms with van der Waals surface area (Å²) in [4.78, 5) is 12.2. The molecule has 1 saturated heterocycles. The minimum absolute atomic E-state index is 0.0342. The molecule has 1 aromatic carbocycles. The van der Waals surface area contributed by atoms with Crippen LogP contribution in [0, 0.1) is 11.8 Å². The van der Waals surface area contributed by atoms with Crippen LogP contribution in [0.1, 0.15) is 32.8 Å². The predicted octanol–water partition coefficient (Wildman–Crippen LogP) is 2.59. The molecule has 1 aromatic rings. The summed E-state index contributed by atoms with van der Waals surface area (Å²) in [7, 11) is 1.64. The highest BCUT2D eigenvalue weighted by Gasteiger charge is 2.36. The zero-order chi connectivity index (χ0) is 17.7. The molecule has 0 amide bonds. The van der Waals surface area contributed by atoms with E-state index in [1.807, 2.05) is 38.1 Å². The molecule has 0 aromatic heterocycles. The van der Waals surface area contributed by atoms with Gasteiger partial charge in [0.25, 0.3) is 0 Å². The van der Waals surface area contributed by atoms with Gasteiger partial charge in [0, 0.05) is 24.7 Å². The average Bonchev–Trinajstić information content (AvgIpc) is 2.56. The Balaban J connectivity index is 1.97. The summed E-state index contributed by atoms with van der Waals surface area (Å²) in [6, 6.07) is 7.79. The third-order valence-electron chi connectivity index (χ3n) is 4.47. The van der Waals surface area contributed by atoms with Gasteiger partial charge in [-0.1, -0.05) is 26.0 Å². The van der Waals surface area contributed by atoms with Crippen LogP contribution in [0.5, 0.6) is 5.75 Å². The Hall–Kier alpha value is -1.43. The lowest BCUT2D eigenvalue weighted by Gasteiger charge is -2.38. The second-order valence-corrected chi connectivity index (χ2v) is 6.70. The fourth-order valence-corrected chi connectivity index (χ4v) is 3.03. The molecule has 134 valence electrons. The normalized spacial score (nSPS) is 26.6. The number of methoxy groups -OCH3 is 1. The van der Waals surface area contributed by atoms with E-state index in [0.717, 1.165) is 11.3 Å². The van der Waals surface area contributed by atoms with Gasteiger partial charge in [-0.25, -0.2) is 0 Å². The maximum absolute atomic E-state index is 12.2. The second kappa shape index (κ2) is 8.60. The molecule has 2 rings (SSSR count). The number of carbonyl (C=O) groups is 1. The number of carbonyl (C=O) groups excluding carboxylic acids is 1. The highest BCUT2D eigenvalue weighted by Crippen LogP contribution is 2.28. The maximum Gasteiger partial charge on any atom is 0.162 e. The van der Waals surface area contributed by atoms with E-state index in [1.54, 1.807) is 14.0 Å². The molecule has 1 aliphatic rings. The summed E-state index contributed by atoms with van der Waals surface area (Å²) in [5.41, 5.74) is 1.09.